The van der Waals surface area contributed by atoms with Crippen molar-refractivity contribution >= 4 is 39.9 Å². The zero-order chi connectivity index (χ0) is 11.4. The topological polar surface area (TPSA) is 42.0 Å². The van der Waals surface area contributed by atoms with Gasteiger partial charge in [-0.15, -0.1) is 12.4 Å². The Morgan fingerprint density at radius 3 is 2.47 bits per heavy atom. The van der Waals surface area contributed by atoms with E-state index in [-0.39, 0.29) is 18.3 Å². The Kier molecular flexibility index (Phi) is 5.12. The molecule has 2 aromatic rings. The number of hydrogen-bond donors (Lipinski definition) is 1. The van der Waals surface area contributed by atoms with Gasteiger partial charge in [0.15, 0.2) is 0 Å². The van der Waals surface area contributed by atoms with Gasteiger partial charge >= 0.3 is 0 Å². The molecule has 1 heterocycles. The van der Waals surface area contributed by atoms with E-state index in [9.17, 15) is 4.79 Å². The largest absolute Gasteiger partial charge is 0.321 e. The van der Waals surface area contributed by atoms with Crippen LogP contribution in [0.1, 0.15) is 10.4 Å². The Hall–Kier alpha value is -1.39. The van der Waals surface area contributed by atoms with Crippen LogP contribution in [0.5, 0.6) is 0 Å². The number of anilines is 1. The van der Waals surface area contributed by atoms with Crippen molar-refractivity contribution in [2.75, 3.05) is 5.32 Å². The monoisotopic (exact) mass is 312 g/mol. The van der Waals surface area contributed by atoms with E-state index < -0.39 is 0 Å². The first-order valence-electron chi connectivity index (χ1n) is 4.72. The fraction of sp³-hybridized carbons (Fsp3) is 0. The highest BCUT2D eigenvalue weighted by Gasteiger charge is 2.04. The molecule has 0 aliphatic rings. The average molecular weight is 314 g/mol. The zero-order valence-electron chi connectivity index (χ0n) is 8.76. The number of rotatable bonds is 2. The lowest BCUT2D eigenvalue weighted by molar-refractivity contribution is 0.102. The maximum Gasteiger partial charge on any atom is 0.255 e. The van der Waals surface area contributed by atoms with Gasteiger partial charge in [0, 0.05) is 16.2 Å². The maximum absolute atomic E-state index is 11.8. The summed E-state index contributed by atoms with van der Waals surface area (Å²) in [4.78, 5) is 15.7. The van der Waals surface area contributed by atoms with E-state index in [1.54, 1.807) is 36.7 Å². The number of nitrogens with one attached hydrogen (secondary N) is 1. The number of amides is 1. The summed E-state index contributed by atoms with van der Waals surface area (Å²) in [6.07, 6.45) is 3.27. The Morgan fingerprint density at radius 1 is 1.18 bits per heavy atom. The van der Waals surface area contributed by atoms with Crippen LogP contribution in [0.25, 0.3) is 0 Å². The highest BCUT2D eigenvalue weighted by atomic mass is 79.9. The minimum Gasteiger partial charge on any atom is -0.321 e. The predicted molar refractivity (Wildman–Crippen MR) is 73.6 cm³/mol. The molecule has 0 bridgehead atoms. The van der Waals surface area contributed by atoms with Gasteiger partial charge in [0.25, 0.3) is 5.91 Å². The first kappa shape index (κ1) is 13.7. The molecule has 3 nitrogen and oxygen atoms in total. The molecule has 0 fully saturated rings. The second-order valence-electron chi connectivity index (χ2n) is 3.20. The second kappa shape index (κ2) is 6.37. The van der Waals surface area contributed by atoms with Crippen molar-refractivity contribution in [1.29, 1.82) is 0 Å². The third kappa shape index (κ3) is 3.84. The van der Waals surface area contributed by atoms with Crippen molar-refractivity contribution < 1.29 is 4.79 Å². The quantitative estimate of drug-likeness (QED) is 0.921. The molecule has 1 N–H and O–H groups in total. The number of nitrogens with zero attached hydrogens (tertiary/aromatic N) is 1. The highest BCUT2D eigenvalue weighted by molar-refractivity contribution is 9.10. The molecular formula is C12H10BrClN2O. The van der Waals surface area contributed by atoms with Gasteiger partial charge in [0.05, 0.1) is 11.9 Å². The van der Waals surface area contributed by atoms with Crippen LogP contribution in [-0.4, -0.2) is 10.9 Å². The van der Waals surface area contributed by atoms with Crippen LogP contribution in [0.2, 0.25) is 0 Å². The molecule has 17 heavy (non-hydrogen) atoms. The molecule has 0 saturated heterocycles. The van der Waals surface area contributed by atoms with Crippen LogP contribution in [0.4, 0.5) is 5.69 Å². The molecule has 88 valence electrons. The van der Waals surface area contributed by atoms with Crippen LogP contribution in [0.15, 0.2) is 53.3 Å². The van der Waals surface area contributed by atoms with Crippen LogP contribution in [0.3, 0.4) is 0 Å². The second-order valence-corrected chi connectivity index (χ2v) is 4.12. The Balaban J connectivity index is 0.00000144. The number of halogens is 2. The van der Waals surface area contributed by atoms with E-state index in [0.29, 0.717) is 11.3 Å². The van der Waals surface area contributed by atoms with Crippen molar-refractivity contribution in [3.8, 4) is 0 Å². The summed E-state index contributed by atoms with van der Waals surface area (Å²) in [7, 11) is 0. The standard InChI is InChI=1S/C12H9BrN2O.ClH/c13-10-5-3-9(4-6-10)12(16)15-11-2-1-7-14-8-11;/h1-8H,(H,15,16);1H. The fourth-order valence-electron chi connectivity index (χ4n) is 1.24. The van der Waals surface area contributed by atoms with Crippen LogP contribution < -0.4 is 5.32 Å². The Morgan fingerprint density at radius 2 is 1.88 bits per heavy atom. The van der Waals surface area contributed by atoms with Gasteiger partial charge in [-0.25, -0.2) is 0 Å². The van der Waals surface area contributed by atoms with Crippen molar-refractivity contribution in [1.82, 2.24) is 4.98 Å². The molecule has 0 unspecified atom stereocenters. The Labute approximate surface area is 114 Å². The molecular weight excluding hydrogens is 304 g/mol. The summed E-state index contributed by atoms with van der Waals surface area (Å²) in [5, 5.41) is 2.76. The van der Waals surface area contributed by atoms with Crippen LogP contribution >= 0.6 is 28.3 Å². The lowest BCUT2D eigenvalue weighted by atomic mass is 10.2. The molecule has 1 amide bonds. The molecule has 0 atom stereocenters. The Bertz CT molecular complexity index is 488. The third-order valence-electron chi connectivity index (χ3n) is 2.03. The van der Waals surface area contributed by atoms with E-state index in [4.69, 9.17) is 0 Å². The molecule has 1 aromatic carbocycles. The number of benzene rings is 1. The van der Waals surface area contributed by atoms with Crippen molar-refractivity contribution in [3.05, 3.63) is 58.8 Å². The van der Waals surface area contributed by atoms with Crippen LogP contribution in [0, 0.1) is 0 Å². The molecule has 0 saturated carbocycles. The van der Waals surface area contributed by atoms with E-state index in [2.05, 4.69) is 26.2 Å². The number of carbonyl (C=O) groups excluding carboxylic acids is 1. The lowest BCUT2D eigenvalue weighted by Gasteiger charge is -2.04. The number of pyridine rings is 1. The molecule has 0 spiro atoms. The molecule has 1 aromatic heterocycles. The van der Waals surface area contributed by atoms with Gasteiger partial charge in [0.2, 0.25) is 0 Å². The smallest absolute Gasteiger partial charge is 0.255 e. The first-order valence-corrected chi connectivity index (χ1v) is 5.52. The van der Waals surface area contributed by atoms with E-state index >= 15 is 0 Å². The predicted octanol–water partition coefficient (Wildman–Crippen LogP) is 3.52. The van der Waals surface area contributed by atoms with Crippen LogP contribution in [-0.2, 0) is 0 Å². The number of hydrogen-bond acceptors (Lipinski definition) is 2. The SMILES string of the molecule is Cl.O=C(Nc1cccnc1)c1ccc(Br)cc1. The third-order valence-corrected chi connectivity index (χ3v) is 2.55. The van der Waals surface area contributed by atoms with Gasteiger partial charge in [-0.1, -0.05) is 15.9 Å². The molecule has 5 heteroatoms. The zero-order valence-corrected chi connectivity index (χ0v) is 11.2. The van der Waals surface area contributed by atoms with Gasteiger partial charge in [-0.05, 0) is 36.4 Å². The minimum absolute atomic E-state index is 0. The number of carbonyl (C=O) groups is 1. The van der Waals surface area contributed by atoms with Gasteiger partial charge in [0.1, 0.15) is 0 Å². The number of aromatic nitrogens is 1. The van der Waals surface area contributed by atoms with E-state index in [1.165, 1.54) is 0 Å². The summed E-state index contributed by atoms with van der Waals surface area (Å²) in [5.41, 5.74) is 1.31. The molecule has 0 aliphatic carbocycles. The summed E-state index contributed by atoms with van der Waals surface area (Å²) in [5.74, 6) is -0.138. The van der Waals surface area contributed by atoms with Gasteiger partial charge in [-0.2, -0.15) is 0 Å². The average Bonchev–Trinajstić information content (AvgIpc) is 2.31. The van der Waals surface area contributed by atoms with E-state index in [0.717, 1.165) is 4.47 Å². The summed E-state index contributed by atoms with van der Waals surface area (Å²) >= 11 is 3.32. The summed E-state index contributed by atoms with van der Waals surface area (Å²) in [6, 6.07) is 10.8. The summed E-state index contributed by atoms with van der Waals surface area (Å²) in [6.45, 7) is 0. The summed E-state index contributed by atoms with van der Waals surface area (Å²) < 4.78 is 0.949. The molecule has 0 radical (unpaired) electrons. The van der Waals surface area contributed by atoms with Crippen molar-refractivity contribution in [2.45, 2.75) is 0 Å². The fourth-order valence-corrected chi connectivity index (χ4v) is 1.51. The highest BCUT2D eigenvalue weighted by Crippen LogP contribution is 2.12. The van der Waals surface area contributed by atoms with E-state index in [1.807, 2.05) is 12.1 Å². The molecule has 2 rings (SSSR count). The normalized spacial score (nSPS) is 9.24. The van der Waals surface area contributed by atoms with Gasteiger partial charge < -0.3 is 5.32 Å². The minimum atomic E-state index is -0.138. The van der Waals surface area contributed by atoms with Crippen molar-refractivity contribution in [2.24, 2.45) is 0 Å². The lowest BCUT2D eigenvalue weighted by Crippen LogP contribution is -2.11. The van der Waals surface area contributed by atoms with Gasteiger partial charge in [-0.3, -0.25) is 9.78 Å². The van der Waals surface area contributed by atoms with Crippen molar-refractivity contribution in [3.63, 3.8) is 0 Å². The molecule has 0 aliphatic heterocycles. The maximum atomic E-state index is 11.8. The first-order chi connectivity index (χ1) is 7.75.